The Labute approximate surface area is 160 Å². The number of aryl methyl sites for hydroxylation is 1. The van der Waals surface area contributed by atoms with E-state index in [4.69, 9.17) is 4.98 Å². The summed E-state index contributed by atoms with van der Waals surface area (Å²) in [6.07, 6.45) is 0. The number of amides is 1. The van der Waals surface area contributed by atoms with Crippen molar-refractivity contribution in [3.05, 3.63) is 53.3 Å². The fraction of sp³-hybridized carbons (Fsp3) is 0.409. The van der Waals surface area contributed by atoms with E-state index < -0.39 is 0 Å². The lowest BCUT2D eigenvalue weighted by atomic mass is 9.93. The molecule has 1 amide bonds. The molecule has 0 unspecified atom stereocenters. The lowest BCUT2D eigenvalue weighted by Crippen LogP contribution is -2.29. The van der Waals surface area contributed by atoms with Gasteiger partial charge in [0.25, 0.3) is 5.91 Å². The second kappa shape index (κ2) is 7.14. The monoisotopic (exact) mass is 364 g/mol. The molecule has 0 aliphatic rings. The normalized spacial score (nSPS) is 12.0. The van der Waals surface area contributed by atoms with Crippen LogP contribution in [0.5, 0.6) is 0 Å². The Kier molecular flexibility index (Phi) is 5.05. The molecule has 1 aromatic carbocycles. The molecule has 142 valence electrons. The lowest BCUT2D eigenvalue weighted by molar-refractivity contribution is 0.0941. The predicted molar refractivity (Wildman–Crippen MR) is 109 cm³/mol. The zero-order valence-electron chi connectivity index (χ0n) is 17.0. The molecule has 5 heteroatoms. The van der Waals surface area contributed by atoms with Crippen LogP contribution in [0.3, 0.4) is 0 Å². The van der Waals surface area contributed by atoms with Gasteiger partial charge in [-0.2, -0.15) is 5.10 Å². The predicted octanol–water partition coefficient (Wildman–Crippen LogP) is 4.39. The number of carbonyl (C=O) groups excluding carboxylic acids is 1. The van der Waals surface area contributed by atoms with Crippen molar-refractivity contribution in [3.8, 4) is 11.3 Å². The fourth-order valence-corrected chi connectivity index (χ4v) is 2.76. The van der Waals surface area contributed by atoms with Crippen molar-refractivity contribution < 1.29 is 4.79 Å². The summed E-state index contributed by atoms with van der Waals surface area (Å²) in [4.78, 5) is 17.6. The first kappa shape index (κ1) is 19.1. The van der Waals surface area contributed by atoms with Gasteiger partial charge in [-0.25, -0.2) is 9.50 Å². The molecule has 5 nitrogen and oxygen atoms in total. The second-order valence-corrected chi connectivity index (χ2v) is 8.55. The van der Waals surface area contributed by atoms with E-state index >= 15 is 0 Å². The summed E-state index contributed by atoms with van der Waals surface area (Å²) in [5.41, 5.74) is 4.93. The zero-order chi connectivity index (χ0) is 19.8. The summed E-state index contributed by atoms with van der Waals surface area (Å²) in [5, 5.41) is 7.67. The number of aromatic nitrogens is 3. The van der Waals surface area contributed by atoms with Crippen molar-refractivity contribution in [1.29, 1.82) is 0 Å². The van der Waals surface area contributed by atoms with Crippen LogP contribution in [-0.4, -0.2) is 27.0 Å². The van der Waals surface area contributed by atoms with Crippen LogP contribution < -0.4 is 5.32 Å². The molecule has 0 saturated heterocycles. The van der Waals surface area contributed by atoms with Gasteiger partial charge >= 0.3 is 0 Å². The molecule has 0 aliphatic heterocycles. The average molecular weight is 364 g/mol. The number of carbonyl (C=O) groups is 1. The summed E-state index contributed by atoms with van der Waals surface area (Å²) in [5.74, 6) is 0.249. The molecule has 3 aromatic rings. The van der Waals surface area contributed by atoms with Crippen LogP contribution in [0.2, 0.25) is 0 Å². The van der Waals surface area contributed by atoms with Gasteiger partial charge in [-0.15, -0.1) is 0 Å². The van der Waals surface area contributed by atoms with E-state index in [9.17, 15) is 4.79 Å². The number of hydrogen-bond donors (Lipinski definition) is 1. The molecule has 0 saturated carbocycles. The summed E-state index contributed by atoms with van der Waals surface area (Å²) in [6, 6.07) is 12.0. The van der Waals surface area contributed by atoms with Crippen LogP contribution in [0, 0.1) is 12.8 Å². The van der Waals surface area contributed by atoms with Gasteiger partial charge in [0.2, 0.25) is 0 Å². The van der Waals surface area contributed by atoms with E-state index in [1.165, 1.54) is 5.56 Å². The minimum atomic E-state index is -0.131. The number of nitrogens with zero attached hydrogens (tertiary/aromatic N) is 3. The van der Waals surface area contributed by atoms with Crippen LogP contribution >= 0.6 is 0 Å². The Morgan fingerprint density at radius 3 is 2.41 bits per heavy atom. The first-order chi connectivity index (χ1) is 12.6. The van der Waals surface area contributed by atoms with Crippen LogP contribution in [-0.2, 0) is 5.41 Å². The smallest absolute Gasteiger partial charge is 0.270 e. The van der Waals surface area contributed by atoms with Gasteiger partial charge in [0.1, 0.15) is 5.69 Å². The minimum Gasteiger partial charge on any atom is -0.350 e. The van der Waals surface area contributed by atoms with E-state index in [0.717, 1.165) is 17.0 Å². The highest BCUT2D eigenvalue weighted by molar-refractivity contribution is 5.94. The van der Waals surface area contributed by atoms with Crippen molar-refractivity contribution in [2.75, 3.05) is 6.54 Å². The SMILES string of the molecule is Cc1ccc(-c2cc(C(=O)NCC(C)C)n3nc(C(C)(C)C)cc3n2)cc1. The third-order valence-corrected chi connectivity index (χ3v) is 4.45. The summed E-state index contributed by atoms with van der Waals surface area (Å²) in [6.45, 7) is 13.1. The molecule has 0 atom stereocenters. The maximum atomic E-state index is 12.9. The number of rotatable bonds is 4. The molecule has 2 heterocycles. The van der Waals surface area contributed by atoms with Gasteiger partial charge in [-0.3, -0.25) is 4.79 Å². The van der Waals surface area contributed by atoms with E-state index in [1.807, 2.05) is 24.3 Å². The average Bonchev–Trinajstić information content (AvgIpc) is 3.04. The molecular weight excluding hydrogens is 336 g/mol. The van der Waals surface area contributed by atoms with E-state index in [2.05, 4.69) is 64.1 Å². The standard InChI is InChI=1S/C22H28N4O/c1-14(2)13-23-21(27)18-11-17(16-9-7-15(3)8-10-16)24-20-12-19(22(4,5)6)25-26(18)20/h7-12,14H,13H2,1-6H3,(H,23,27). The van der Waals surface area contributed by atoms with Crippen LogP contribution in [0.25, 0.3) is 16.9 Å². The quantitative estimate of drug-likeness (QED) is 0.747. The Morgan fingerprint density at radius 1 is 1.15 bits per heavy atom. The molecule has 0 aliphatic carbocycles. The highest BCUT2D eigenvalue weighted by atomic mass is 16.2. The number of benzene rings is 1. The first-order valence-corrected chi connectivity index (χ1v) is 9.41. The molecule has 0 radical (unpaired) electrons. The van der Waals surface area contributed by atoms with Gasteiger partial charge in [0.15, 0.2) is 5.65 Å². The third-order valence-electron chi connectivity index (χ3n) is 4.45. The first-order valence-electron chi connectivity index (χ1n) is 9.41. The summed E-state index contributed by atoms with van der Waals surface area (Å²) >= 11 is 0. The number of hydrogen-bond acceptors (Lipinski definition) is 3. The van der Waals surface area contributed by atoms with Crippen LogP contribution in [0.1, 0.15) is 56.4 Å². The van der Waals surface area contributed by atoms with E-state index in [-0.39, 0.29) is 11.3 Å². The maximum absolute atomic E-state index is 12.9. The van der Waals surface area contributed by atoms with Crippen molar-refractivity contribution in [2.45, 2.75) is 47.0 Å². The van der Waals surface area contributed by atoms with Crippen LogP contribution in [0.15, 0.2) is 36.4 Å². The van der Waals surface area contributed by atoms with Crippen LogP contribution in [0.4, 0.5) is 0 Å². The number of fused-ring (bicyclic) bond motifs is 1. The van der Waals surface area contributed by atoms with Gasteiger partial charge in [0, 0.05) is 23.6 Å². The molecule has 3 rings (SSSR count). The molecule has 0 fully saturated rings. The Hall–Kier alpha value is -2.69. The van der Waals surface area contributed by atoms with Crippen molar-refractivity contribution in [3.63, 3.8) is 0 Å². The zero-order valence-corrected chi connectivity index (χ0v) is 17.0. The van der Waals surface area contributed by atoms with E-state index in [1.54, 1.807) is 4.52 Å². The second-order valence-electron chi connectivity index (χ2n) is 8.55. The highest BCUT2D eigenvalue weighted by Gasteiger charge is 2.22. The maximum Gasteiger partial charge on any atom is 0.270 e. The van der Waals surface area contributed by atoms with Gasteiger partial charge in [-0.05, 0) is 18.9 Å². The Morgan fingerprint density at radius 2 is 1.81 bits per heavy atom. The topological polar surface area (TPSA) is 59.3 Å². The van der Waals surface area contributed by atoms with Crippen molar-refractivity contribution in [2.24, 2.45) is 5.92 Å². The summed E-state index contributed by atoms with van der Waals surface area (Å²) in [7, 11) is 0. The minimum absolute atomic E-state index is 0.122. The van der Waals surface area contributed by atoms with Crippen molar-refractivity contribution in [1.82, 2.24) is 19.9 Å². The fourth-order valence-electron chi connectivity index (χ4n) is 2.76. The molecule has 1 N–H and O–H groups in total. The van der Waals surface area contributed by atoms with Gasteiger partial charge < -0.3 is 5.32 Å². The highest BCUT2D eigenvalue weighted by Crippen LogP contribution is 2.25. The van der Waals surface area contributed by atoms with Gasteiger partial charge in [0.05, 0.1) is 11.4 Å². The largest absolute Gasteiger partial charge is 0.350 e. The Balaban J connectivity index is 2.15. The Bertz CT molecular complexity index is 962. The molecule has 0 bridgehead atoms. The van der Waals surface area contributed by atoms with Gasteiger partial charge in [-0.1, -0.05) is 64.4 Å². The van der Waals surface area contributed by atoms with E-state index in [0.29, 0.717) is 23.8 Å². The van der Waals surface area contributed by atoms with Crippen molar-refractivity contribution >= 4 is 11.6 Å². The molecule has 27 heavy (non-hydrogen) atoms. The molecule has 2 aromatic heterocycles. The third kappa shape index (κ3) is 4.18. The molecule has 0 spiro atoms. The molecular formula is C22H28N4O. The lowest BCUT2D eigenvalue weighted by Gasteiger charge is -2.14. The summed E-state index contributed by atoms with van der Waals surface area (Å²) < 4.78 is 1.66. The number of nitrogens with one attached hydrogen (secondary N) is 1.